The van der Waals surface area contributed by atoms with E-state index in [4.69, 9.17) is 14.2 Å². The van der Waals surface area contributed by atoms with Gasteiger partial charge < -0.3 is 14.2 Å². The first-order valence-electron chi connectivity index (χ1n) is 8.84. The maximum absolute atomic E-state index is 12.8. The molecule has 0 aliphatic carbocycles. The van der Waals surface area contributed by atoms with Crippen LogP contribution in [0.3, 0.4) is 0 Å². The lowest BCUT2D eigenvalue weighted by molar-refractivity contribution is -0.179. The van der Waals surface area contributed by atoms with Crippen molar-refractivity contribution in [3.63, 3.8) is 0 Å². The summed E-state index contributed by atoms with van der Waals surface area (Å²) in [4.78, 5) is 38.1. The van der Waals surface area contributed by atoms with E-state index >= 15 is 0 Å². The topological polar surface area (TPSA) is 78.9 Å². The van der Waals surface area contributed by atoms with Crippen LogP contribution < -0.4 is 0 Å². The lowest BCUT2D eigenvalue weighted by Crippen LogP contribution is -2.46. The first kappa shape index (κ1) is 23.4. The summed E-state index contributed by atoms with van der Waals surface area (Å²) in [5.41, 5.74) is -1.81. The van der Waals surface area contributed by atoms with Crippen LogP contribution in [0.5, 0.6) is 0 Å². The number of hydrogen-bond donors (Lipinski definition) is 0. The lowest BCUT2D eigenvalue weighted by atomic mass is 9.78. The molecule has 0 amide bonds. The van der Waals surface area contributed by atoms with Crippen LogP contribution in [0.25, 0.3) is 0 Å². The molecule has 0 atom stereocenters. The van der Waals surface area contributed by atoms with Gasteiger partial charge >= 0.3 is 17.9 Å². The van der Waals surface area contributed by atoms with Crippen LogP contribution in [0.2, 0.25) is 0 Å². The van der Waals surface area contributed by atoms with Crippen molar-refractivity contribution < 1.29 is 28.6 Å². The summed E-state index contributed by atoms with van der Waals surface area (Å²) in [5.74, 6) is -2.23. The average molecular weight is 490 g/mol. The highest BCUT2D eigenvalue weighted by molar-refractivity contribution is 14.1. The van der Waals surface area contributed by atoms with Gasteiger partial charge in [-0.05, 0) is 81.3 Å². The van der Waals surface area contributed by atoms with Gasteiger partial charge in [0.15, 0.2) is 5.41 Å². The van der Waals surface area contributed by atoms with E-state index in [1.807, 2.05) is 24.3 Å². The van der Waals surface area contributed by atoms with Gasteiger partial charge in [-0.15, -0.1) is 0 Å². The van der Waals surface area contributed by atoms with Gasteiger partial charge in [-0.2, -0.15) is 0 Å². The number of rotatable bonds is 8. The minimum atomic E-state index is -1.79. The van der Waals surface area contributed by atoms with Crippen LogP contribution in [0.4, 0.5) is 0 Å². The molecule has 0 aromatic heterocycles. The molecule has 6 nitrogen and oxygen atoms in total. The molecule has 0 radical (unpaired) electrons. The first-order valence-corrected chi connectivity index (χ1v) is 9.92. The maximum Gasteiger partial charge on any atom is 0.324 e. The molecule has 0 saturated heterocycles. The van der Waals surface area contributed by atoms with Gasteiger partial charge in [0.1, 0.15) is 5.60 Å². The smallest absolute Gasteiger partial charge is 0.324 e. The molecule has 27 heavy (non-hydrogen) atoms. The Morgan fingerprint density at radius 2 is 1.41 bits per heavy atom. The average Bonchev–Trinajstić information content (AvgIpc) is 2.54. The fourth-order valence-electron chi connectivity index (χ4n) is 2.55. The van der Waals surface area contributed by atoms with Crippen molar-refractivity contribution >= 4 is 40.5 Å². The second-order valence-electron chi connectivity index (χ2n) is 7.09. The van der Waals surface area contributed by atoms with Gasteiger partial charge in [-0.3, -0.25) is 14.4 Å². The highest BCUT2D eigenvalue weighted by Gasteiger charge is 2.51. The van der Waals surface area contributed by atoms with Crippen molar-refractivity contribution in [2.24, 2.45) is 5.41 Å². The summed E-state index contributed by atoms with van der Waals surface area (Å²) in [6.45, 7) is 8.63. The van der Waals surface area contributed by atoms with Crippen LogP contribution in [0.1, 0.15) is 46.6 Å². The minimum absolute atomic E-state index is 0.0131. The lowest BCUT2D eigenvalue weighted by Gasteiger charge is -2.30. The molecule has 0 fully saturated rings. The Labute approximate surface area is 174 Å². The number of carbonyl (C=O) groups is 3. The van der Waals surface area contributed by atoms with Crippen LogP contribution in [-0.2, 0) is 35.0 Å². The van der Waals surface area contributed by atoms with E-state index in [1.54, 1.807) is 34.6 Å². The third kappa shape index (κ3) is 7.12. The second-order valence-corrected chi connectivity index (χ2v) is 8.34. The summed E-state index contributed by atoms with van der Waals surface area (Å²) in [5, 5.41) is 0. The zero-order chi connectivity index (χ0) is 20.7. The molecule has 0 spiro atoms. The van der Waals surface area contributed by atoms with Crippen molar-refractivity contribution in [1.29, 1.82) is 0 Å². The van der Waals surface area contributed by atoms with Gasteiger partial charge in [0, 0.05) is 3.57 Å². The van der Waals surface area contributed by atoms with Crippen LogP contribution in [0.15, 0.2) is 24.3 Å². The zero-order valence-electron chi connectivity index (χ0n) is 16.5. The van der Waals surface area contributed by atoms with E-state index in [1.165, 1.54) is 0 Å². The van der Waals surface area contributed by atoms with Crippen LogP contribution >= 0.6 is 22.6 Å². The Bertz CT molecular complexity index is 642. The number of carbonyl (C=O) groups excluding carboxylic acids is 3. The highest BCUT2D eigenvalue weighted by Crippen LogP contribution is 2.33. The predicted octanol–water partition coefficient (Wildman–Crippen LogP) is 3.68. The number of esters is 3. The highest BCUT2D eigenvalue weighted by atomic mass is 127. The van der Waals surface area contributed by atoms with Crippen molar-refractivity contribution in [3.8, 4) is 0 Å². The number of ether oxygens (including phenoxy) is 3. The van der Waals surface area contributed by atoms with Crippen LogP contribution in [0, 0.1) is 8.99 Å². The molecule has 0 aliphatic heterocycles. The zero-order valence-corrected chi connectivity index (χ0v) is 18.6. The second kappa shape index (κ2) is 10.1. The maximum atomic E-state index is 12.8. The molecular weight excluding hydrogens is 463 g/mol. The SMILES string of the molecule is CCOC(=O)C(CC(=O)OC(C)(C)C)(Cc1ccc(I)cc1)C(=O)OCC. The van der Waals surface area contributed by atoms with E-state index < -0.39 is 35.3 Å². The third-order valence-corrected chi connectivity index (χ3v) is 4.34. The predicted molar refractivity (Wildman–Crippen MR) is 109 cm³/mol. The molecule has 0 unspecified atom stereocenters. The summed E-state index contributed by atoms with van der Waals surface area (Å²) in [6, 6.07) is 7.35. The largest absolute Gasteiger partial charge is 0.465 e. The molecule has 1 aromatic rings. The van der Waals surface area contributed by atoms with Gasteiger partial charge in [-0.25, -0.2) is 0 Å². The van der Waals surface area contributed by atoms with E-state index in [0.29, 0.717) is 0 Å². The Hall–Kier alpha value is -1.64. The normalized spacial score (nSPS) is 11.6. The molecule has 150 valence electrons. The molecule has 0 saturated carbocycles. The fraction of sp³-hybridized carbons (Fsp3) is 0.550. The first-order chi connectivity index (χ1) is 12.5. The van der Waals surface area contributed by atoms with E-state index in [-0.39, 0.29) is 19.6 Å². The molecule has 0 bridgehead atoms. The van der Waals surface area contributed by atoms with Crippen molar-refractivity contribution in [1.82, 2.24) is 0 Å². The van der Waals surface area contributed by atoms with E-state index in [2.05, 4.69) is 22.6 Å². The summed E-state index contributed by atoms with van der Waals surface area (Å²) in [7, 11) is 0. The van der Waals surface area contributed by atoms with Crippen molar-refractivity contribution in [2.45, 2.75) is 53.1 Å². The Morgan fingerprint density at radius 1 is 0.926 bits per heavy atom. The Balaban J connectivity index is 3.33. The van der Waals surface area contributed by atoms with Gasteiger partial charge in [-0.1, -0.05) is 12.1 Å². The number of halogens is 1. The Morgan fingerprint density at radius 3 is 1.81 bits per heavy atom. The van der Waals surface area contributed by atoms with Gasteiger partial charge in [0.25, 0.3) is 0 Å². The van der Waals surface area contributed by atoms with E-state index in [9.17, 15) is 14.4 Å². The fourth-order valence-corrected chi connectivity index (χ4v) is 2.91. The summed E-state index contributed by atoms with van der Waals surface area (Å²) < 4.78 is 16.7. The standard InChI is InChI=1S/C20H27IO6/c1-6-25-17(23)20(18(24)26-7-2,13-16(22)27-19(3,4)5)12-14-8-10-15(21)11-9-14/h8-11H,6-7,12-13H2,1-5H3. The van der Waals surface area contributed by atoms with Gasteiger partial charge in [0.2, 0.25) is 0 Å². The van der Waals surface area contributed by atoms with Crippen molar-refractivity contribution in [2.75, 3.05) is 13.2 Å². The molecular formula is C20H27IO6. The summed E-state index contributed by atoms with van der Waals surface area (Å²) >= 11 is 2.16. The molecule has 0 N–H and O–H groups in total. The Kier molecular flexibility index (Phi) is 8.71. The number of benzene rings is 1. The molecule has 0 aliphatic rings. The minimum Gasteiger partial charge on any atom is -0.465 e. The van der Waals surface area contributed by atoms with Gasteiger partial charge in [0.05, 0.1) is 19.6 Å². The molecule has 1 rings (SSSR count). The quantitative estimate of drug-likeness (QED) is 0.240. The third-order valence-electron chi connectivity index (χ3n) is 3.62. The molecule has 1 aromatic carbocycles. The van der Waals surface area contributed by atoms with E-state index in [0.717, 1.165) is 9.13 Å². The van der Waals surface area contributed by atoms with Crippen molar-refractivity contribution in [3.05, 3.63) is 33.4 Å². The summed E-state index contributed by atoms with van der Waals surface area (Å²) in [6.07, 6.45) is -0.464. The monoisotopic (exact) mass is 490 g/mol. The molecule has 0 heterocycles. The molecule has 7 heteroatoms. The van der Waals surface area contributed by atoms with Crippen LogP contribution in [-0.4, -0.2) is 36.7 Å². The number of hydrogen-bond acceptors (Lipinski definition) is 6.